The molecule has 3 nitrogen and oxygen atoms in total. The number of hydrogen-bond donors (Lipinski definition) is 1. The fourth-order valence-corrected chi connectivity index (χ4v) is 2.45. The highest BCUT2D eigenvalue weighted by atomic mass is 16.1. The van der Waals surface area contributed by atoms with E-state index in [1.165, 1.54) is 18.5 Å². The monoisotopic (exact) mass is 262 g/mol. The first-order valence-corrected chi connectivity index (χ1v) is 7.60. The first kappa shape index (κ1) is 14.3. The highest BCUT2D eigenvalue weighted by Crippen LogP contribution is 2.36. The Morgan fingerprint density at radius 3 is 2.68 bits per heavy atom. The van der Waals surface area contributed by atoms with E-state index in [1.54, 1.807) is 0 Å². The fraction of sp³-hybridized carbons (Fsp3) is 0.688. The lowest BCUT2D eigenvalue weighted by atomic mass is 10.1. The summed E-state index contributed by atoms with van der Waals surface area (Å²) < 4.78 is 2.04. The molecule has 0 amide bonds. The third kappa shape index (κ3) is 3.47. The van der Waals surface area contributed by atoms with Crippen LogP contribution in [-0.2, 0) is 6.54 Å². The molecule has 1 aliphatic rings. The Morgan fingerprint density at radius 1 is 1.37 bits per heavy atom. The maximum Gasteiger partial charge on any atom is 0.255 e. The van der Waals surface area contributed by atoms with Crippen LogP contribution in [0.1, 0.15) is 69.7 Å². The summed E-state index contributed by atoms with van der Waals surface area (Å²) in [6.07, 6.45) is 4.67. The second kappa shape index (κ2) is 6.38. The zero-order valence-corrected chi connectivity index (χ0v) is 12.4. The summed E-state index contributed by atoms with van der Waals surface area (Å²) in [7, 11) is 0. The van der Waals surface area contributed by atoms with Crippen molar-refractivity contribution in [2.45, 2.75) is 65.0 Å². The SMILES string of the molecule is CCCCNCc1ccc(C(C)C)n(C2CC2)c1=O. The lowest BCUT2D eigenvalue weighted by Gasteiger charge is -2.16. The minimum absolute atomic E-state index is 0.220. The van der Waals surface area contributed by atoms with E-state index in [0.717, 1.165) is 24.9 Å². The topological polar surface area (TPSA) is 34.0 Å². The molecule has 0 bridgehead atoms. The van der Waals surface area contributed by atoms with Gasteiger partial charge in [0.1, 0.15) is 0 Å². The average molecular weight is 262 g/mol. The molecule has 1 aromatic heterocycles. The van der Waals surface area contributed by atoms with Crippen LogP contribution in [0.2, 0.25) is 0 Å². The Balaban J connectivity index is 2.17. The van der Waals surface area contributed by atoms with Crippen LogP contribution in [-0.4, -0.2) is 11.1 Å². The van der Waals surface area contributed by atoms with Crippen molar-refractivity contribution in [1.82, 2.24) is 9.88 Å². The summed E-state index contributed by atoms with van der Waals surface area (Å²) in [4.78, 5) is 12.6. The van der Waals surface area contributed by atoms with Gasteiger partial charge in [-0.3, -0.25) is 4.79 Å². The van der Waals surface area contributed by atoms with Crippen LogP contribution >= 0.6 is 0 Å². The molecule has 0 radical (unpaired) electrons. The first-order valence-electron chi connectivity index (χ1n) is 7.60. The van der Waals surface area contributed by atoms with Crippen molar-refractivity contribution in [3.63, 3.8) is 0 Å². The van der Waals surface area contributed by atoms with Crippen molar-refractivity contribution in [2.75, 3.05) is 6.54 Å². The van der Waals surface area contributed by atoms with Crippen LogP contribution in [0, 0.1) is 0 Å². The average Bonchev–Trinajstić information content (AvgIpc) is 3.19. The van der Waals surface area contributed by atoms with Crippen LogP contribution in [0.5, 0.6) is 0 Å². The minimum Gasteiger partial charge on any atom is -0.312 e. The Bertz CT molecular complexity index is 472. The van der Waals surface area contributed by atoms with E-state index in [4.69, 9.17) is 0 Å². The van der Waals surface area contributed by atoms with Gasteiger partial charge in [-0.15, -0.1) is 0 Å². The van der Waals surface area contributed by atoms with Gasteiger partial charge in [-0.2, -0.15) is 0 Å². The number of aromatic nitrogens is 1. The molecule has 1 heterocycles. The number of pyridine rings is 1. The Kier molecular flexibility index (Phi) is 4.81. The second-order valence-corrected chi connectivity index (χ2v) is 5.87. The van der Waals surface area contributed by atoms with Gasteiger partial charge in [0.05, 0.1) is 0 Å². The molecule has 1 aliphatic carbocycles. The molecule has 0 aliphatic heterocycles. The van der Waals surface area contributed by atoms with Gasteiger partial charge in [-0.05, 0) is 37.8 Å². The summed E-state index contributed by atoms with van der Waals surface area (Å²) >= 11 is 0. The number of unbranched alkanes of at least 4 members (excludes halogenated alkanes) is 1. The summed E-state index contributed by atoms with van der Waals surface area (Å²) in [5.74, 6) is 0.412. The molecule has 1 N–H and O–H groups in total. The van der Waals surface area contributed by atoms with Gasteiger partial charge >= 0.3 is 0 Å². The summed E-state index contributed by atoms with van der Waals surface area (Å²) in [5, 5.41) is 3.37. The van der Waals surface area contributed by atoms with Crippen LogP contribution in [0.3, 0.4) is 0 Å². The second-order valence-electron chi connectivity index (χ2n) is 5.87. The van der Waals surface area contributed by atoms with E-state index in [2.05, 4.69) is 32.2 Å². The molecule has 1 fully saturated rings. The Hall–Kier alpha value is -1.09. The van der Waals surface area contributed by atoms with Gasteiger partial charge in [0, 0.05) is 23.8 Å². The van der Waals surface area contributed by atoms with Crippen LogP contribution < -0.4 is 10.9 Å². The van der Waals surface area contributed by atoms with E-state index < -0.39 is 0 Å². The molecule has 3 heteroatoms. The van der Waals surface area contributed by atoms with Crippen LogP contribution in [0.15, 0.2) is 16.9 Å². The highest BCUT2D eigenvalue weighted by Gasteiger charge is 2.28. The van der Waals surface area contributed by atoms with Crippen molar-refractivity contribution in [3.8, 4) is 0 Å². The minimum atomic E-state index is 0.220. The van der Waals surface area contributed by atoms with E-state index in [0.29, 0.717) is 18.5 Å². The fourth-order valence-electron chi connectivity index (χ4n) is 2.45. The normalized spacial score (nSPS) is 15.2. The third-order valence-electron chi connectivity index (χ3n) is 3.75. The van der Waals surface area contributed by atoms with Gasteiger partial charge in [0.2, 0.25) is 0 Å². The molecular weight excluding hydrogens is 236 g/mol. The zero-order chi connectivity index (χ0) is 13.8. The molecule has 19 heavy (non-hydrogen) atoms. The molecule has 0 aromatic carbocycles. The number of nitrogens with zero attached hydrogens (tertiary/aromatic N) is 1. The van der Waals surface area contributed by atoms with Crippen molar-refractivity contribution >= 4 is 0 Å². The molecule has 1 aromatic rings. The highest BCUT2D eigenvalue weighted by molar-refractivity contribution is 5.20. The van der Waals surface area contributed by atoms with Crippen LogP contribution in [0.4, 0.5) is 0 Å². The van der Waals surface area contributed by atoms with Crippen molar-refractivity contribution < 1.29 is 0 Å². The van der Waals surface area contributed by atoms with Gasteiger partial charge < -0.3 is 9.88 Å². The van der Waals surface area contributed by atoms with Gasteiger partial charge in [0.25, 0.3) is 5.56 Å². The van der Waals surface area contributed by atoms with E-state index in [9.17, 15) is 4.79 Å². The lowest BCUT2D eigenvalue weighted by molar-refractivity contribution is 0.598. The first-order chi connectivity index (χ1) is 9.15. The van der Waals surface area contributed by atoms with Gasteiger partial charge in [0.15, 0.2) is 0 Å². The molecule has 0 atom stereocenters. The number of nitrogens with one attached hydrogen (secondary N) is 1. The molecular formula is C16H26N2O. The quantitative estimate of drug-likeness (QED) is 0.766. The molecule has 1 saturated carbocycles. The number of hydrogen-bond acceptors (Lipinski definition) is 2. The zero-order valence-electron chi connectivity index (χ0n) is 12.4. The molecule has 2 rings (SSSR count). The Labute approximate surface area is 116 Å². The molecule has 0 unspecified atom stereocenters. The smallest absolute Gasteiger partial charge is 0.255 e. The third-order valence-corrected chi connectivity index (χ3v) is 3.75. The molecule has 0 saturated heterocycles. The standard InChI is InChI=1S/C16H26N2O/c1-4-5-10-17-11-13-6-9-15(12(2)3)18(16(13)19)14-7-8-14/h6,9,12,14,17H,4-5,7-8,10-11H2,1-3H3. The summed E-state index contributed by atoms with van der Waals surface area (Å²) in [5.41, 5.74) is 2.31. The predicted octanol–water partition coefficient (Wildman–Crippen LogP) is 3.20. The van der Waals surface area contributed by atoms with Crippen molar-refractivity contribution in [1.29, 1.82) is 0 Å². The maximum atomic E-state index is 12.6. The predicted molar refractivity (Wildman–Crippen MR) is 79.7 cm³/mol. The van der Waals surface area contributed by atoms with Crippen molar-refractivity contribution in [3.05, 3.63) is 33.7 Å². The van der Waals surface area contributed by atoms with Crippen LogP contribution in [0.25, 0.3) is 0 Å². The van der Waals surface area contributed by atoms with Gasteiger partial charge in [-0.25, -0.2) is 0 Å². The van der Waals surface area contributed by atoms with E-state index in [-0.39, 0.29) is 5.56 Å². The van der Waals surface area contributed by atoms with Crippen molar-refractivity contribution in [2.24, 2.45) is 0 Å². The number of rotatable bonds is 7. The molecule has 0 spiro atoms. The van der Waals surface area contributed by atoms with E-state index >= 15 is 0 Å². The largest absolute Gasteiger partial charge is 0.312 e. The van der Waals surface area contributed by atoms with Gasteiger partial charge in [-0.1, -0.05) is 33.3 Å². The van der Waals surface area contributed by atoms with E-state index in [1.807, 2.05) is 10.6 Å². The summed E-state index contributed by atoms with van der Waals surface area (Å²) in [6, 6.07) is 4.61. The summed E-state index contributed by atoms with van der Waals surface area (Å²) in [6.45, 7) is 8.19. The lowest BCUT2D eigenvalue weighted by Crippen LogP contribution is -2.29. The maximum absolute atomic E-state index is 12.6. The Morgan fingerprint density at radius 2 is 2.11 bits per heavy atom. The molecule has 106 valence electrons.